The number of nitrogens with zero attached hydrogens (tertiary/aromatic N) is 3. The Balaban J connectivity index is 1.40. The number of carbonyl (C=O) groups is 1. The SMILES string of the molecule is COc1ccc(N2CCN(CC(=O)c3cc(C)n(-c4ccc(F)cc4)c3C)CC2)cc1. The molecule has 1 saturated heterocycles. The zero-order valence-corrected chi connectivity index (χ0v) is 18.3. The summed E-state index contributed by atoms with van der Waals surface area (Å²) in [6, 6.07) is 16.4. The van der Waals surface area contributed by atoms with Crippen molar-refractivity contribution in [3.05, 3.63) is 77.4 Å². The average molecular weight is 422 g/mol. The molecule has 1 aliphatic heterocycles. The molecule has 0 spiro atoms. The summed E-state index contributed by atoms with van der Waals surface area (Å²) in [6.07, 6.45) is 0. The summed E-state index contributed by atoms with van der Waals surface area (Å²) in [6.45, 7) is 7.78. The van der Waals surface area contributed by atoms with E-state index in [1.54, 1.807) is 19.2 Å². The molecule has 0 radical (unpaired) electrons. The number of ether oxygens (including phenoxy) is 1. The molecule has 0 amide bonds. The fourth-order valence-electron chi connectivity index (χ4n) is 4.28. The smallest absolute Gasteiger partial charge is 0.178 e. The summed E-state index contributed by atoms with van der Waals surface area (Å²) in [5, 5.41) is 0. The van der Waals surface area contributed by atoms with Gasteiger partial charge in [-0.1, -0.05) is 0 Å². The van der Waals surface area contributed by atoms with Gasteiger partial charge in [-0.3, -0.25) is 9.69 Å². The van der Waals surface area contributed by atoms with Gasteiger partial charge in [0.25, 0.3) is 0 Å². The van der Waals surface area contributed by atoms with E-state index in [4.69, 9.17) is 4.74 Å². The van der Waals surface area contributed by atoms with E-state index in [0.717, 1.165) is 54.6 Å². The van der Waals surface area contributed by atoms with E-state index in [1.165, 1.54) is 17.8 Å². The number of Topliss-reactive ketones (excluding diaryl/α,β-unsaturated/α-hetero) is 1. The number of piperazine rings is 1. The number of hydrogen-bond acceptors (Lipinski definition) is 4. The lowest BCUT2D eigenvalue weighted by molar-refractivity contribution is 0.0926. The first-order valence-electron chi connectivity index (χ1n) is 10.6. The predicted octanol–water partition coefficient (Wildman–Crippen LogP) is 4.25. The molecule has 1 aromatic heterocycles. The molecule has 31 heavy (non-hydrogen) atoms. The highest BCUT2D eigenvalue weighted by atomic mass is 19.1. The van der Waals surface area contributed by atoms with Crippen molar-refractivity contribution in [1.29, 1.82) is 0 Å². The number of halogens is 1. The molecular weight excluding hydrogens is 393 g/mol. The molecule has 4 rings (SSSR count). The lowest BCUT2D eigenvalue weighted by Gasteiger charge is -2.35. The van der Waals surface area contributed by atoms with Gasteiger partial charge < -0.3 is 14.2 Å². The molecule has 0 atom stereocenters. The Bertz CT molecular complexity index is 1050. The molecule has 162 valence electrons. The third-order valence-corrected chi connectivity index (χ3v) is 5.99. The molecule has 0 saturated carbocycles. The first-order chi connectivity index (χ1) is 15.0. The Morgan fingerprint density at radius 2 is 1.55 bits per heavy atom. The molecule has 6 heteroatoms. The van der Waals surface area contributed by atoms with Gasteiger partial charge in [0.15, 0.2) is 5.78 Å². The summed E-state index contributed by atoms with van der Waals surface area (Å²) in [4.78, 5) is 17.6. The number of benzene rings is 2. The van der Waals surface area contributed by atoms with E-state index in [9.17, 15) is 9.18 Å². The summed E-state index contributed by atoms with van der Waals surface area (Å²) < 4.78 is 20.5. The van der Waals surface area contributed by atoms with Gasteiger partial charge in [-0.15, -0.1) is 0 Å². The van der Waals surface area contributed by atoms with Gasteiger partial charge in [0.05, 0.1) is 13.7 Å². The van der Waals surface area contributed by atoms with Crippen LogP contribution in [0.25, 0.3) is 5.69 Å². The lowest BCUT2D eigenvalue weighted by atomic mass is 10.1. The highest BCUT2D eigenvalue weighted by Gasteiger charge is 2.22. The Labute approximate surface area is 182 Å². The second-order valence-corrected chi connectivity index (χ2v) is 7.98. The Hall–Kier alpha value is -3.12. The Morgan fingerprint density at radius 3 is 2.16 bits per heavy atom. The first kappa shape index (κ1) is 21.1. The van der Waals surface area contributed by atoms with E-state index in [1.807, 2.05) is 36.6 Å². The van der Waals surface area contributed by atoms with Crippen molar-refractivity contribution in [3.8, 4) is 11.4 Å². The van der Waals surface area contributed by atoms with E-state index < -0.39 is 0 Å². The molecule has 2 aromatic carbocycles. The maximum Gasteiger partial charge on any atom is 0.178 e. The van der Waals surface area contributed by atoms with Crippen LogP contribution in [0, 0.1) is 19.7 Å². The van der Waals surface area contributed by atoms with Gasteiger partial charge in [-0.05, 0) is 68.4 Å². The zero-order chi connectivity index (χ0) is 22.0. The van der Waals surface area contributed by atoms with Crippen LogP contribution in [-0.4, -0.2) is 55.1 Å². The van der Waals surface area contributed by atoms with Crippen LogP contribution >= 0.6 is 0 Å². The molecule has 1 fully saturated rings. The van der Waals surface area contributed by atoms with Crippen molar-refractivity contribution in [1.82, 2.24) is 9.47 Å². The van der Waals surface area contributed by atoms with E-state index in [2.05, 4.69) is 21.9 Å². The first-order valence-corrected chi connectivity index (χ1v) is 10.6. The number of rotatable bonds is 6. The van der Waals surface area contributed by atoms with Gasteiger partial charge in [-0.25, -0.2) is 4.39 Å². The number of anilines is 1. The summed E-state index contributed by atoms with van der Waals surface area (Å²) in [5.41, 5.74) is 4.64. The molecule has 5 nitrogen and oxygen atoms in total. The molecule has 1 aliphatic rings. The van der Waals surface area contributed by atoms with Crippen LogP contribution in [0.4, 0.5) is 10.1 Å². The standard InChI is InChI=1S/C25H28FN3O2/c1-18-16-24(19(2)29(18)22-6-4-20(26)5-7-22)25(30)17-27-12-14-28(15-13-27)21-8-10-23(31-3)11-9-21/h4-11,16H,12-15,17H2,1-3H3. The quantitative estimate of drug-likeness (QED) is 0.558. The molecule has 0 bridgehead atoms. The maximum absolute atomic E-state index is 13.3. The molecule has 2 heterocycles. The van der Waals surface area contributed by atoms with Crippen LogP contribution < -0.4 is 9.64 Å². The lowest BCUT2D eigenvalue weighted by Crippen LogP contribution is -2.48. The zero-order valence-electron chi connectivity index (χ0n) is 18.3. The van der Waals surface area contributed by atoms with Crippen LogP contribution in [0.15, 0.2) is 54.6 Å². The minimum absolute atomic E-state index is 0.124. The minimum Gasteiger partial charge on any atom is -0.497 e. The molecular formula is C25H28FN3O2. The highest BCUT2D eigenvalue weighted by molar-refractivity contribution is 5.99. The van der Waals surface area contributed by atoms with Gasteiger partial charge >= 0.3 is 0 Å². The van der Waals surface area contributed by atoms with Gasteiger partial charge in [-0.2, -0.15) is 0 Å². The number of methoxy groups -OCH3 is 1. The fraction of sp³-hybridized carbons (Fsp3) is 0.320. The molecule has 0 aliphatic carbocycles. The molecule has 0 N–H and O–H groups in total. The largest absolute Gasteiger partial charge is 0.497 e. The number of hydrogen-bond donors (Lipinski definition) is 0. The summed E-state index contributed by atoms with van der Waals surface area (Å²) in [7, 11) is 1.67. The number of aryl methyl sites for hydroxylation is 1. The molecule has 3 aromatic rings. The highest BCUT2D eigenvalue weighted by Crippen LogP contribution is 2.23. The second-order valence-electron chi connectivity index (χ2n) is 7.98. The van der Waals surface area contributed by atoms with Gasteiger partial charge in [0.2, 0.25) is 0 Å². The summed E-state index contributed by atoms with van der Waals surface area (Å²) >= 11 is 0. The third kappa shape index (κ3) is 4.49. The minimum atomic E-state index is -0.267. The topological polar surface area (TPSA) is 37.7 Å². The van der Waals surface area contributed by atoms with E-state index in [0.29, 0.717) is 6.54 Å². The summed E-state index contributed by atoms with van der Waals surface area (Å²) in [5.74, 6) is 0.710. The van der Waals surface area contributed by atoms with Crippen molar-refractivity contribution in [3.63, 3.8) is 0 Å². The van der Waals surface area contributed by atoms with E-state index in [-0.39, 0.29) is 11.6 Å². The van der Waals surface area contributed by atoms with Crippen molar-refractivity contribution in [2.45, 2.75) is 13.8 Å². The normalized spacial score (nSPS) is 14.6. The van der Waals surface area contributed by atoms with Crippen molar-refractivity contribution in [2.24, 2.45) is 0 Å². The van der Waals surface area contributed by atoms with Gasteiger partial charge in [0, 0.05) is 54.5 Å². The van der Waals surface area contributed by atoms with Crippen molar-refractivity contribution in [2.75, 3.05) is 44.7 Å². The monoisotopic (exact) mass is 421 g/mol. The fourth-order valence-corrected chi connectivity index (χ4v) is 4.28. The van der Waals surface area contributed by atoms with Crippen LogP contribution in [0.2, 0.25) is 0 Å². The average Bonchev–Trinajstić information content (AvgIpc) is 3.09. The van der Waals surface area contributed by atoms with Crippen LogP contribution in [-0.2, 0) is 0 Å². The predicted molar refractivity (Wildman–Crippen MR) is 121 cm³/mol. The second kappa shape index (κ2) is 8.94. The maximum atomic E-state index is 13.3. The van der Waals surface area contributed by atoms with Crippen LogP contribution in [0.3, 0.4) is 0 Å². The van der Waals surface area contributed by atoms with Crippen LogP contribution in [0.1, 0.15) is 21.7 Å². The number of ketones is 1. The number of carbonyl (C=O) groups excluding carboxylic acids is 1. The van der Waals surface area contributed by atoms with Crippen molar-refractivity contribution < 1.29 is 13.9 Å². The Kier molecular flexibility index (Phi) is 6.09. The van der Waals surface area contributed by atoms with Crippen molar-refractivity contribution >= 4 is 11.5 Å². The van der Waals surface area contributed by atoms with Gasteiger partial charge in [0.1, 0.15) is 11.6 Å². The van der Waals surface area contributed by atoms with E-state index >= 15 is 0 Å². The Morgan fingerprint density at radius 1 is 0.935 bits per heavy atom. The molecule has 0 unspecified atom stereocenters. The third-order valence-electron chi connectivity index (χ3n) is 5.99. The van der Waals surface area contributed by atoms with Crippen LogP contribution in [0.5, 0.6) is 5.75 Å². The number of aromatic nitrogens is 1.